The van der Waals surface area contributed by atoms with Crippen molar-refractivity contribution in [2.24, 2.45) is 0 Å². The number of carboxylic acids is 2. The van der Waals surface area contributed by atoms with Crippen LogP contribution in [0.1, 0.15) is 25.7 Å². The number of ether oxygens (including phenoxy) is 3. The van der Waals surface area contributed by atoms with Crippen LogP contribution in [0.4, 0.5) is 0 Å². The van der Waals surface area contributed by atoms with Crippen LogP contribution in [-0.2, 0) is 23.8 Å². The molecule has 0 aromatic heterocycles. The summed E-state index contributed by atoms with van der Waals surface area (Å²) in [6, 6.07) is 0. The SMILES string of the molecule is O=C(O)C1=CC2OC2CC1.O=C(O)C1=CC2OC2CC1.OCCOCCO. The van der Waals surface area contributed by atoms with E-state index in [1.807, 2.05) is 0 Å². The third kappa shape index (κ3) is 7.39. The molecule has 4 unspecified atom stereocenters. The Kier molecular flexibility index (Phi) is 8.39. The highest BCUT2D eigenvalue weighted by Crippen LogP contribution is 2.35. The van der Waals surface area contributed by atoms with Gasteiger partial charge in [-0.25, -0.2) is 9.59 Å². The van der Waals surface area contributed by atoms with E-state index in [1.165, 1.54) is 0 Å². The summed E-state index contributed by atoms with van der Waals surface area (Å²) in [7, 11) is 0. The van der Waals surface area contributed by atoms with Gasteiger partial charge in [-0.3, -0.25) is 0 Å². The van der Waals surface area contributed by atoms with Crippen molar-refractivity contribution in [3.8, 4) is 0 Å². The van der Waals surface area contributed by atoms with Gasteiger partial charge in [0.1, 0.15) is 12.2 Å². The lowest BCUT2D eigenvalue weighted by Gasteiger charge is -2.02. The monoisotopic (exact) mass is 386 g/mol. The van der Waals surface area contributed by atoms with Crippen molar-refractivity contribution in [1.82, 2.24) is 0 Å². The van der Waals surface area contributed by atoms with Gasteiger partial charge in [0.15, 0.2) is 0 Å². The largest absolute Gasteiger partial charge is 0.478 e. The molecule has 0 spiro atoms. The highest BCUT2D eigenvalue weighted by molar-refractivity contribution is 5.87. The average Bonchev–Trinajstić information content (AvgIpc) is 3.55. The molecule has 0 radical (unpaired) electrons. The smallest absolute Gasteiger partial charge is 0.331 e. The zero-order chi connectivity index (χ0) is 19.8. The molecule has 9 heteroatoms. The Hall–Kier alpha value is -1.78. The normalized spacial score (nSPS) is 29.3. The van der Waals surface area contributed by atoms with Gasteiger partial charge in [-0.15, -0.1) is 0 Å². The van der Waals surface area contributed by atoms with Gasteiger partial charge in [0, 0.05) is 11.1 Å². The predicted octanol–water partition coefficient (Wildman–Crippen LogP) is 0.105. The Morgan fingerprint density at radius 2 is 1.30 bits per heavy atom. The molecule has 4 aliphatic rings. The van der Waals surface area contributed by atoms with E-state index in [1.54, 1.807) is 12.2 Å². The fourth-order valence-corrected chi connectivity index (χ4v) is 2.82. The summed E-state index contributed by atoms with van der Waals surface area (Å²) >= 11 is 0. The third-order valence-corrected chi connectivity index (χ3v) is 4.39. The van der Waals surface area contributed by atoms with Crippen molar-refractivity contribution in [1.29, 1.82) is 0 Å². The van der Waals surface area contributed by atoms with Crippen molar-refractivity contribution in [3.05, 3.63) is 23.3 Å². The van der Waals surface area contributed by atoms with Crippen LogP contribution >= 0.6 is 0 Å². The average molecular weight is 386 g/mol. The molecule has 152 valence electrons. The molecule has 4 atom stereocenters. The van der Waals surface area contributed by atoms with E-state index in [2.05, 4.69) is 4.74 Å². The van der Waals surface area contributed by atoms with Crippen molar-refractivity contribution >= 4 is 11.9 Å². The molecule has 2 aliphatic carbocycles. The first-order valence-corrected chi connectivity index (χ1v) is 8.94. The van der Waals surface area contributed by atoms with Gasteiger partial charge in [-0.05, 0) is 37.8 Å². The molecule has 27 heavy (non-hydrogen) atoms. The van der Waals surface area contributed by atoms with E-state index in [0.717, 1.165) is 12.8 Å². The van der Waals surface area contributed by atoms with Crippen LogP contribution in [-0.4, -0.2) is 83.2 Å². The lowest BCUT2D eigenvalue weighted by molar-refractivity contribution is -0.133. The Labute approximate surface area is 156 Å². The number of carbonyl (C=O) groups is 2. The Bertz CT molecular complexity index is 533. The number of carboxylic acid groups (broad SMARTS) is 2. The molecular formula is C18H26O9. The standard InChI is InChI=1S/2C7H8O3.C4H10O3/c2*8-7(9)4-1-2-5-6(3-4)10-5;5-1-3-7-4-2-6/h2*3,5-6H,1-2H2,(H,8,9);5-6H,1-4H2. The van der Waals surface area contributed by atoms with Gasteiger partial charge in [-0.2, -0.15) is 0 Å². The molecule has 9 nitrogen and oxygen atoms in total. The first-order chi connectivity index (χ1) is 13.0. The van der Waals surface area contributed by atoms with Crippen LogP contribution in [0.3, 0.4) is 0 Å². The number of aliphatic hydroxyl groups is 2. The van der Waals surface area contributed by atoms with Crippen LogP contribution in [0.5, 0.6) is 0 Å². The van der Waals surface area contributed by atoms with Crippen LogP contribution in [0.15, 0.2) is 23.3 Å². The number of rotatable bonds is 6. The summed E-state index contributed by atoms with van der Waals surface area (Å²) in [6.45, 7) is 0.696. The molecule has 2 heterocycles. The number of aliphatic hydroxyl groups excluding tert-OH is 2. The molecule has 4 N–H and O–H groups in total. The fraction of sp³-hybridized carbons (Fsp3) is 0.667. The van der Waals surface area contributed by atoms with Gasteiger partial charge in [0.25, 0.3) is 0 Å². The predicted molar refractivity (Wildman–Crippen MR) is 92.2 cm³/mol. The number of aliphatic carboxylic acids is 2. The topological polar surface area (TPSA) is 149 Å². The molecule has 2 aliphatic heterocycles. The molecule has 0 aromatic rings. The van der Waals surface area contributed by atoms with E-state index < -0.39 is 11.9 Å². The van der Waals surface area contributed by atoms with Crippen molar-refractivity contribution in [2.75, 3.05) is 26.4 Å². The molecule has 0 amide bonds. The number of fused-ring (bicyclic) bond motifs is 2. The molecule has 0 saturated carbocycles. The number of epoxide rings is 2. The Morgan fingerprint density at radius 1 is 0.889 bits per heavy atom. The van der Waals surface area contributed by atoms with Crippen LogP contribution in [0.25, 0.3) is 0 Å². The minimum Gasteiger partial charge on any atom is -0.478 e. The van der Waals surface area contributed by atoms with E-state index >= 15 is 0 Å². The molecular weight excluding hydrogens is 360 g/mol. The zero-order valence-corrected chi connectivity index (χ0v) is 15.0. The number of hydrogen-bond donors (Lipinski definition) is 4. The Balaban J connectivity index is 0.000000149. The fourth-order valence-electron chi connectivity index (χ4n) is 2.82. The highest BCUT2D eigenvalue weighted by atomic mass is 16.6. The first kappa shape index (κ1) is 21.5. The lowest BCUT2D eigenvalue weighted by atomic mass is 10.0. The maximum Gasteiger partial charge on any atom is 0.331 e. The minimum absolute atomic E-state index is 0.0278. The summed E-state index contributed by atoms with van der Waals surface area (Å²) in [5.74, 6) is -1.59. The zero-order valence-electron chi connectivity index (χ0n) is 15.0. The lowest BCUT2D eigenvalue weighted by Crippen LogP contribution is -2.08. The van der Waals surface area contributed by atoms with Gasteiger partial charge in [0.05, 0.1) is 38.6 Å². The van der Waals surface area contributed by atoms with Crippen LogP contribution in [0, 0.1) is 0 Å². The molecule has 0 bridgehead atoms. The van der Waals surface area contributed by atoms with E-state index in [0.29, 0.717) is 49.4 Å². The molecule has 2 saturated heterocycles. The second-order valence-electron chi connectivity index (χ2n) is 6.41. The summed E-state index contributed by atoms with van der Waals surface area (Å²) in [5.41, 5.74) is 1.03. The van der Waals surface area contributed by atoms with Gasteiger partial charge in [-0.1, -0.05) is 0 Å². The van der Waals surface area contributed by atoms with Gasteiger partial charge < -0.3 is 34.6 Å². The van der Waals surface area contributed by atoms with Gasteiger partial charge in [0.2, 0.25) is 0 Å². The highest BCUT2D eigenvalue weighted by Gasteiger charge is 2.41. The molecule has 2 fully saturated rings. The van der Waals surface area contributed by atoms with Gasteiger partial charge >= 0.3 is 11.9 Å². The van der Waals surface area contributed by atoms with E-state index in [-0.39, 0.29) is 25.4 Å². The van der Waals surface area contributed by atoms with E-state index in [4.69, 9.17) is 29.9 Å². The summed E-state index contributed by atoms with van der Waals surface area (Å²) in [6.07, 6.45) is 7.44. The third-order valence-electron chi connectivity index (χ3n) is 4.39. The van der Waals surface area contributed by atoms with Crippen molar-refractivity contribution in [3.63, 3.8) is 0 Å². The van der Waals surface area contributed by atoms with Crippen molar-refractivity contribution in [2.45, 2.75) is 50.1 Å². The first-order valence-electron chi connectivity index (χ1n) is 8.94. The van der Waals surface area contributed by atoms with E-state index in [9.17, 15) is 9.59 Å². The number of hydrogen-bond acceptors (Lipinski definition) is 7. The Morgan fingerprint density at radius 3 is 1.59 bits per heavy atom. The maximum atomic E-state index is 10.4. The van der Waals surface area contributed by atoms with Crippen molar-refractivity contribution < 1.29 is 44.2 Å². The summed E-state index contributed by atoms with van der Waals surface area (Å²) in [5, 5.41) is 33.3. The minimum atomic E-state index is -0.797. The van der Waals surface area contributed by atoms with Crippen LogP contribution in [0.2, 0.25) is 0 Å². The second kappa shape index (κ2) is 10.5. The van der Waals surface area contributed by atoms with Crippen LogP contribution < -0.4 is 0 Å². The molecule has 0 aromatic carbocycles. The second-order valence-corrected chi connectivity index (χ2v) is 6.41. The molecule has 4 rings (SSSR count). The summed E-state index contributed by atoms with van der Waals surface area (Å²) in [4.78, 5) is 20.8. The summed E-state index contributed by atoms with van der Waals surface area (Å²) < 4.78 is 14.9. The maximum absolute atomic E-state index is 10.4. The quantitative estimate of drug-likeness (QED) is 0.368.